The molecule has 0 spiro atoms. The minimum Gasteiger partial charge on any atom is -0.351 e. The summed E-state index contributed by atoms with van der Waals surface area (Å²) in [4.78, 5) is 11.9. The van der Waals surface area contributed by atoms with Crippen LogP contribution in [0.1, 0.15) is 39.0 Å². The number of carbonyl (C=O) groups is 1. The van der Waals surface area contributed by atoms with Crippen molar-refractivity contribution < 1.29 is 18.0 Å². The van der Waals surface area contributed by atoms with Crippen LogP contribution < -0.4 is 11.1 Å². The first-order chi connectivity index (χ1) is 9.22. The molecule has 0 aliphatic heterocycles. The number of nitrogens with two attached hydrogens (primary N) is 1. The average Bonchev–Trinajstić information content (AvgIpc) is 2.97. The summed E-state index contributed by atoms with van der Waals surface area (Å²) < 4.78 is 38.3. The number of fused-ring (bicyclic) bond motifs is 5. The largest absolute Gasteiger partial charge is 0.415 e. The second kappa shape index (κ2) is 4.36. The number of halogens is 3. The van der Waals surface area contributed by atoms with E-state index in [0.29, 0.717) is 17.8 Å². The lowest BCUT2D eigenvalue weighted by molar-refractivity contribution is -0.188. The normalized spacial score (nSPS) is 42.4. The van der Waals surface area contributed by atoms with E-state index < -0.39 is 17.6 Å². The smallest absolute Gasteiger partial charge is 0.351 e. The molecule has 2 bridgehead atoms. The summed E-state index contributed by atoms with van der Waals surface area (Å²) in [6.07, 6.45) is 0.810. The van der Waals surface area contributed by atoms with E-state index in [0.717, 1.165) is 32.1 Å². The molecule has 0 aromatic heterocycles. The Morgan fingerprint density at radius 1 is 1.15 bits per heavy atom. The summed E-state index contributed by atoms with van der Waals surface area (Å²) in [5, 5.41) is 2.59. The molecule has 3 aliphatic carbocycles. The maximum Gasteiger partial charge on any atom is 0.415 e. The average molecular weight is 290 g/mol. The first-order valence-corrected chi connectivity index (χ1v) is 7.38. The SMILES string of the molecule is CC(N)(C(=O)NC1CC2CC1C1CCCC21)C(F)(F)F. The summed E-state index contributed by atoms with van der Waals surface area (Å²) in [7, 11) is 0. The van der Waals surface area contributed by atoms with Gasteiger partial charge in [0.2, 0.25) is 5.91 Å². The fourth-order valence-electron chi connectivity index (χ4n) is 4.68. The molecule has 0 aromatic carbocycles. The zero-order valence-electron chi connectivity index (χ0n) is 11.5. The quantitative estimate of drug-likeness (QED) is 0.819. The number of alkyl halides is 3. The number of hydrogen-bond donors (Lipinski definition) is 2. The van der Waals surface area contributed by atoms with Gasteiger partial charge in [0.1, 0.15) is 0 Å². The molecule has 0 radical (unpaired) electrons. The number of nitrogens with one attached hydrogen (secondary N) is 1. The number of rotatable bonds is 2. The summed E-state index contributed by atoms with van der Waals surface area (Å²) in [6, 6.07) is -0.114. The van der Waals surface area contributed by atoms with Crippen molar-refractivity contribution in [2.24, 2.45) is 29.4 Å². The van der Waals surface area contributed by atoms with E-state index in [1.54, 1.807) is 0 Å². The highest BCUT2D eigenvalue weighted by Crippen LogP contribution is 2.58. The molecule has 0 saturated heterocycles. The van der Waals surface area contributed by atoms with Gasteiger partial charge in [-0.25, -0.2) is 0 Å². The zero-order valence-corrected chi connectivity index (χ0v) is 11.5. The molecule has 3 rings (SSSR count). The van der Waals surface area contributed by atoms with Gasteiger partial charge in [0.05, 0.1) is 0 Å². The van der Waals surface area contributed by atoms with E-state index in [1.807, 2.05) is 0 Å². The molecule has 1 amide bonds. The minimum absolute atomic E-state index is 0.114. The Morgan fingerprint density at radius 3 is 2.45 bits per heavy atom. The second-order valence-corrected chi connectivity index (χ2v) is 6.93. The van der Waals surface area contributed by atoms with Crippen molar-refractivity contribution in [2.45, 2.75) is 56.8 Å². The molecule has 6 atom stereocenters. The van der Waals surface area contributed by atoms with E-state index in [2.05, 4.69) is 5.32 Å². The second-order valence-electron chi connectivity index (χ2n) is 6.93. The van der Waals surface area contributed by atoms with Crippen molar-refractivity contribution in [3.63, 3.8) is 0 Å². The lowest BCUT2D eigenvalue weighted by Crippen LogP contribution is -2.63. The van der Waals surface area contributed by atoms with Crippen molar-refractivity contribution in [1.29, 1.82) is 0 Å². The van der Waals surface area contributed by atoms with Crippen LogP contribution in [0.15, 0.2) is 0 Å². The van der Waals surface area contributed by atoms with Gasteiger partial charge in [-0.2, -0.15) is 13.2 Å². The van der Waals surface area contributed by atoms with Crippen LogP contribution in [0.4, 0.5) is 13.2 Å². The van der Waals surface area contributed by atoms with Crippen LogP contribution in [-0.2, 0) is 4.79 Å². The van der Waals surface area contributed by atoms with Crippen molar-refractivity contribution in [3.8, 4) is 0 Å². The molecule has 3 nitrogen and oxygen atoms in total. The van der Waals surface area contributed by atoms with Gasteiger partial charge in [-0.05, 0) is 56.3 Å². The molecule has 114 valence electrons. The summed E-state index contributed by atoms with van der Waals surface area (Å²) >= 11 is 0. The van der Waals surface area contributed by atoms with Crippen LogP contribution in [0, 0.1) is 23.7 Å². The molecule has 3 fully saturated rings. The van der Waals surface area contributed by atoms with Crippen LogP contribution in [0.25, 0.3) is 0 Å². The zero-order chi connectivity index (χ0) is 14.7. The number of amides is 1. The predicted octanol–water partition coefficient (Wildman–Crippen LogP) is 2.21. The number of carbonyl (C=O) groups excluding carboxylic acids is 1. The Kier molecular flexibility index (Phi) is 3.09. The highest BCUT2D eigenvalue weighted by molar-refractivity contribution is 5.86. The van der Waals surface area contributed by atoms with Crippen molar-refractivity contribution in [2.75, 3.05) is 0 Å². The van der Waals surface area contributed by atoms with Gasteiger partial charge < -0.3 is 11.1 Å². The van der Waals surface area contributed by atoms with Crippen LogP contribution in [0.2, 0.25) is 0 Å². The molecule has 6 unspecified atom stereocenters. The van der Waals surface area contributed by atoms with Crippen molar-refractivity contribution in [1.82, 2.24) is 5.32 Å². The third-order valence-corrected chi connectivity index (χ3v) is 5.81. The van der Waals surface area contributed by atoms with Gasteiger partial charge in [0, 0.05) is 6.04 Å². The van der Waals surface area contributed by atoms with Gasteiger partial charge in [-0.3, -0.25) is 4.79 Å². The van der Waals surface area contributed by atoms with Gasteiger partial charge in [0.15, 0.2) is 5.54 Å². The topological polar surface area (TPSA) is 55.1 Å². The molecule has 3 aliphatic rings. The van der Waals surface area contributed by atoms with Crippen LogP contribution in [0.5, 0.6) is 0 Å². The highest BCUT2D eigenvalue weighted by atomic mass is 19.4. The van der Waals surface area contributed by atoms with Crippen molar-refractivity contribution >= 4 is 5.91 Å². The lowest BCUT2D eigenvalue weighted by atomic mass is 9.79. The first kappa shape index (κ1) is 14.2. The van der Waals surface area contributed by atoms with Crippen LogP contribution >= 0.6 is 0 Å². The summed E-state index contributed by atoms with van der Waals surface area (Å²) in [5.74, 6) is 1.22. The third kappa shape index (κ3) is 1.95. The minimum atomic E-state index is -4.72. The molecule has 0 aromatic rings. The van der Waals surface area contributed by atoms with E-state index in [-0.39, 0.29) is 6.04 Å². The Labute approximate surface area is 116 Å². The fraction of sp³-hybridized carbons (Fsp3) is 0.929. The Bertz CT molecular complexity index is 421. The maximum atomic E-state index is 12.8. The monoisotopic (exact) mass is 290 g/mol. The Hall–Kier alpha value is -0.780. The van der Waals surface area contributed by atoms with E-state index in [1.165, 1.54) is 12.8 Å². The van der Waals surface area contributed by atoms with Gasteiger partial charge in [0.25, 0.3) is 0 Å². The van der Waals surface area contributed by atoms with Gasteiger partial charge >= 0.3 is 6.18 Å². The van der Waals surface area contributed by atoms with E-state index in [9.17, 15) is 18.0 Å². The lowest BCUT2D eigenvalue weighted by Gasteiger charge is -2.34. The van der Waals surface area contributed by atoms with Gasteiger partial charge in [-0.15, -0.1) is 0 Å². The van der Waals surface area contributed by atoms with E-state index in [4.69, 9.17) is 5.73 Å². The molecule has 20 heavy (non-hydrogen) atoms. The van der Waals surface area contributed by atoms with Crippen LogP contribution in [0.3, 0.4) is 0 Å². The first-order valence-electron chi connectivity index (χ1n) is 7.38. The summed E-state index contributed by atoms with van der Waals surface area (Å²) in [6.45, 7) is 0.744. The molecular weight excluding hydrogens is 269 g/mol. The predicted molar refractivity (Wildman–Crippen MR) is 67.6 cm³/mol. The number of hydrogen-bond acceptors (Lipinski definition) is 2. The summed E-state index contributed by atoms with van der Waals surface area (Å²) in [5.41, 5.74) is 2.38. The maximum absolute atomic E-state index is 12.8. The Morgan fingerprint density at radius 2 is 1.80 bits per heavy atom. The molecule has 0 heterocycles. The van der Waals surface area contributed by atoms with Crippen molar-refractivity contribution in [3.05, 3.63) is 0 Å². The van der Waals surface area contributed by atoms with E-state index >= 15 is 0 Å². The fourth-order valence-corrected chi connectivity index (χ4v) is 4.68. The molecule has 6 heteroatoms. The van der Waals surface area contributed by atoms with Crippen LogP contribution in [-0.4, -0.2) is 23.7 Å². The molecule has 3 saturated carbocycles. The standard InChI is InChI=1S/C14H21F3N2O/c1-13(18,14(15,16)17)12(20)19-11-6-7-5-10(11)9-4-2-3-8(7)9/h7-11H,2-6,18H2,1H3,(H,19,20). The van der Waals surface area contributed by atoms with Gasteiger partial charge in [-0.1, -0.05) is 6.42 Å². The molecule has 3 N–H and O–H groups in total. The third-order valence-electron chi connectivity index (χ3n) is 5.81. The Balaban J connectivity index is 1.67. The molecular formula is C14H21F3N2O. The highest BCUT2D eigenvalue weighted by Gasteiger charge is 2.57.